The fraction of sp³-hybridized carbons (Fsp3) is 0.632. The van der Waals surface area contributed by atoms with Gasteiger partial charge in [-0.05, 0) is 25.2 Å². The first kappa shape index (κ1) is 18.5. The van der Waals surface area contributed by atoms with Crippen molar-refractivity contribution in [1.82, 2.24) is 15.1 Å². The van der Waals surface area contributed by atoms with Crippen molar-refractivity contribution in [3.8, 4) is 5.75 Å². The SMILES string of the molecule is COc1ccccc1CNC(=O)C(C)N1CCN(C2CCSC2)CC1. The van der Waals surface area contributed by atoms with Crippen LogP contribution in [0.25, 0.3) is 0 Å². The van der Waals surface area contributed by atoms with Gasteiger partial charge in [0.2, 0.25) is 5.91 Å². The molecule has 2 atom stereocenters. The van der Waals surface area contributed by atoms with Crippen LogP contribution in [0.15, 0.2) is 24.3 Å². The largest absolute Gasteiger partial charge is 0.496 e. The van der Waals surface area contributed by atoms with Crippen LogP contribution in [-0.4, -0.2) is 72.6 Å². The smallest absolute Gasteiger partial charge is 0.237 e. The molecule has 2 fully saturated rings. The van der Waals surface area contributed by atoms with Gasteiger partial charge in [-0.15, -0.1) is 0 Å². The Morgan fingerprint density at radius 2 is 2.08 bits per heavy atom. The summed E-state index contributed by atoms with van der Waals surface area (Å²) >= 11 is 2.07. The molecule has 1 N–H and O–H groups in total. The van der Waals surface area contributed by atoms with Crippen LogP contribution in [0.3, 0.4) is 0 Å². The number of rotatable bonds is 6. The van der Waals surface area contributed by atoms with Crippen molar-refractivity contribution in [2.24, 2.45) is 0 Å². The monoisotopic (exact) mass is 363 g/mol. The predicted octanol–water partition coefficient (Wildman–Crippen LogP) is 1.82. The molecule has 0 radical (unpaired) electrons. The minimum absolute atomic E-state index is 0.0881. The number of para-hydroxylation sites is 1. The molecule has 0 saturated carbocycles. The van der Waals surface area contributed by atoms with Crippen LogP contribution >= 0.6 is 11.8 Å². The lowest BCUT2D eigenvalue weighted by atomic mass is 10.1. The van der Waals surface area contributed by atoms with Gasteiger partial charge in [0.1, 0.15) is 5.75 Å². The number of methoxy groups -OCH3 is 1. The fourth-order valence-corrected chi connectivity index (χ4v) is 4.90. The van der Waals surface area contributed by atoms with Crippen molar-refractivity contribution >= 4 is 17.7 Å². The Bertz CT molecular complexity index is 570. The van der Waals surface area contributed by atoms with Crippen LogP contribution in [0.2, 0.25) is 0 Å². The number of nitrogens with one attached hydrogen (secondary N) is 1. The molecule has 0 aliphatic carbocycles. The molecule has 1 amide bonds. The number of carbonyl (C=O) groups excluding carboxylic acids is 1. The molecule has 0 aromatic heterocycles. The van der Waals surface area contributed by atoms with Gasteiger partial charge in [-0.2, -0.15) is 11.8 Å². The number of nitrogens with zero attached hydrogens (tertiary/aromatic N) is 2. The maximum atomic E-state index is 12.5. The summed E-state index contributed by atoms with van der Waals surface area (Å²) in [5.74, 6) is 3.48. The minimum Gasteiger partial charge on any atom is -0.496 e. The van der Waals surface area contributed by atoms with E-state index >= 15 is 0 Å². The Morgan fingerprint density at radius 1 is 1.32 bits per heavy atom. The van der Waals surface area contributed by atoms with E-state index in [1.54, 1.807) is 7.11 Å². The summed E-state index contributed by atoms with van der Waals surface area (Å²) in [5, 5.41) is 3.06. The van der Waals surface area contributed by atoms with Gasteiger partial charge in [0, 0.05) is 50.1 Å². The summed E-state index contributed by atoms with van der Waals surface area (Å²) < 4.78 is 5.35. The molecular formula is C19H29N3O2S. The van der Waals surface area contributed by atoms with Crippen LogP contribution in [-0.2, 0) is 11.3 Å². The highest BCUT2D eigenvalue weighted by Gasteiger charge is 2.29. The zero-order chi connectivity index (χ0) is 17.6. The number of hydrogen-bond acceptors (Lipinski definition) is 5. The normalized spacial score (nSPS) is 23.4. The van der Waals surface area contributed by atoms with Crippen molar-refractivity contribution in [2.45, 2.75) is 32.0 Å². The first-order valence-electron chi connectivity index (χ1n) is 9.14. The molecular weight excluding hydrogens is 334 g/mol. The number of hydrogen-bond donors (Lipinski definition) is 1. The molecule has 2 heterocycles. The van der Waals surface area contributed by atoms with Crippen LogP contribution in [0.5, 0.6) is 5.75 Å². The fourth-order valence-electron chi connectivity index (χ4n) is 3.64. The summed E-state index contributed by atoms with van der Waals surface area (Å²) in [6.07, 6.45) is 1.32. The molecule has 5 nitrogen and oxygen atoms in total. The minimum atomic E-state index is -0.0881. The van der Waals surface area contributed by atoms with Crippen molar-refractivity contribution in [3.63, 3.8) is 0 Å². The first-order chi connectivity index (χ1) is 12.2. The molecule has 0 bridgehead atoms. The van der Waals surface area contributed by atoms with Crippen molar-refractivity contribution in [1.29, 1.82) is 0 Å². The van der Waals surface area contributed by atoms with E-state index < -0.39 is 0 Å². The zero-order valence-corrected chi connectivity index (χ0v) is 16.1. The average Bonchev–Trinajstić information content (AvgIpc) is 3.20. The third kappa shape index (κ3) is 4.68. The zero-order valence-electron chi connectivity index (χ0n) is 15.2. The van der Waals surface area contributed by atoms with E-state index in [0.717, 1.165) is 43.5 Å². The standard InChI is InChI=1S/C19H29N3O2S/c1-15(19(23)20-13-16-5-3-4-6-18(16)24-2)21-8-10-22(11-9-21)17-7-12-25-14-17/h3-6,15,17H,7-14H2,1-2H3,(H,20,23). The van der Waals surface area contributed by atoms with Gasteiger partial charge in [-0.3, -0.25) is 14.6 Å². The molecule has 138 valence electrons. The van der Waals surface area contributed by atoms with Gasteiger partial charge in [-0.1, -0.05) is 18.2 Å². The summed E-state index contributed by atoms with van der Waals surface area (Å²) in [7, 11) is 1.66. The second-order valence-electron chi connectivity index (χ2n) is 6.79. The van der Waals surface area contributed by atoms with E-state index in [9.17, 15) is 4.79 Å². The maximum absolute atomic E-state index is 12.5. The molecule has 2 saturated heterocycles. The molecule has 6 heteroatoms. The average molecular weight is 364 g/mol. The van der Waals surface area contributed by atoms with E-state index in [1.807, 2.05) is 31.2 Å². The lowest BCUT2D eigenvalue weighted by molar-refractivity contribution is -0.126. The van der Waals surface area contributed by atoms with Crippen molar-refractivity contribution in [3.05, 3.63) is 29.8 Å². The van der Waals surface area contributed by atoms with Gasteiger partial charge in [-0.25, -0.2) is 0 Å². The van der Waals surface area contributed by atoms with E-state index in [0.29, 0.717) is 6.54 Å². The van der Waals surface area contributed by atoms with Crippen molar-refractivity contribution in [2.75, 3.05) is 44.8 Å². The predicted molar refractivity (Wildman–Crippen MR) is 103 cm³/mol. The lowest BCUT2D eigenvalue weighted by Crippen LogP contribution is -2.55. The highest BCUT2D eigenvalue weighted by Crippen LogP contribution is 2.23. The Kier molecular flexibility index (Phi) is 6.62. The molecule has 0 spiro atoms. The third-order valence-corrected chi connectivity index (χ3v) is 6.49. The van der Waals surface area contributed by atoms with E-state index in [2.05, 4.69) is 26.9 Å². The van der Waals surface area contributed by atoms with Gasteiger partial charge in [0.05, 0.1) is 13.2 Å². The Morgan fingerprint density at radius 3 is 2.76 bits per heavy atom. The number of ether oxygens (including phenoxy) is 1. The molecule has 2 aliphatic rings. The van der Waals surface area contributed by atoms with Gasteiger partial charge in [0.15, 0.2) is 0 Å². The molecule has 25 heavy (non-hydrogen) atoms. The second-order valence-corrected chi connectivity index (χ2v) is 7.94. The number of thioether (sulfide) groups is 1. The van der Waals surface area contributed by atoms with Crippen LogP contribution in [0.4, 0.5) is 0 Å². The Balaban J connectivity index is 1.46. The number of piperazine rings is 1. The highest BCUT2D eigenvalue weighted by atomic mass is 32.2. The summed E-state index contributed by atoms with van der Waals surface area (Å²) in [6, 6.07) is 8.48. The summed E-state index contributed by atoms with van der Waals surface area (Å²) in [4.78, 5) is 17.5. The van der Waals surface area contributed by atoms with E-state index in [-0.39, 0.29) is 11.9 Å². The van der Waals surface area contributed by atoms with E-state index in [1.165, 1.54) is 17.9 Å². The van der Waals surface area contributed by atoms with Crippen LogP contribution < -0.4 is 10.1 Å². The van der Waals surface area contributed by atoms with Crippen LogP contribution in [0, 0.1) is 0 Å². The Hall–Kier alpha value is -1.24. The molecule has 1 aromatic rings. The number of carbonyl (C=O) groups is 1. The molecule has 2 aliphatic heterocycles. The second kappa shape index (κ2) is 8.92. The Labute approximate surface area is 155 Å². The molecule has 1 aromatic carbocycles. The first-order valence-corrected chi connectivity index (χ1v) is 10.3. The summed E-state index contributed by atoms with van der Waals surface area (Å²) in [6.45, 7) is 6.63. The quantitative estimate of drug-likeness (QED) is 0.835. The van der Waals surface area contributed by atoms with Gasteiger partial charge in [0.25, 0.3) is 0 Å². The number of benzene rings is 1. The topological polar surface area (TPSA) is 44.8 Å². The van der Waals surface area contributed by atoms with Crippen LogP contribution in [0.1, 0.15) is 18.9 Å². The van der Waals surface area contributed by atoms with E-state index in [4.69, 9.17) is 4.74 Å². The molecule has 3 rings (SSSR count). The number of amides is 1. The highest BCUT2D eigenvalue weighted by molar-refractivity contribution is 7.99. The van der Waals surface area contributed by atoms with Gasteiger partial charge < -0.3 is 10.1 Å². The summed E-state index contributed by atoms with van der Waals surface area (Å²) in [5.41, 5.74) is 1.01. The lowest BCUT2D eigenvalue weighted by Gasteiger charge is -2.39. The maximum Gasteiger partial charge on any atom is 0.237 e. The third-order valence-electron chi connectivity index (χ3n) is 5.34. The molecule has 2 unspecified atom stereocenters. The van der Waals surface area contributed by atoms with Crippen molar-refractivity contribution < 1.29 is 9.53 Å². The van der Waals surface area contributed by atoms with Gasteiger partial charge >= 0.3 is 0 Å².